The number of amides is 1. The van der Waals surface area contributed by atoms with Crippen LogP contribution < -0.4 is 4.90 Å². The van der Waals surface area contributed by atoms with Crippen LogP contribution in [0.4, 0.5) is 5.69 Å². The van der Waals surface area contributed by atoms with Crippen molar-refractivity contribution in [1.29, 1.82) is 0 Å². The van der Waals surface area contributed by atoms with Crippen LogP contribution in [0.15, 0.2) is 48.5 Å². The van der Waals surface area contributed by atoms with E-state index in [1.165, 1.54) is 0 Å². The molecule has 0 bridgehead atoms. The van der Waals surface area contributed by atoms with Crippen molar-refractivity contribution < 1.29 is 14.3 Å². The van der Waals surface area contributed by atoms with E-state index >= 15 is 0 Å². The fourth-order valence-electron chi connectivity index (χ4n) is 3.14. The Balaban J connectivity index is 1.76. The standard InChI is InChI=1S/C22H23ClN4O3/c1-14(2)26(17-8-6-5-7-9-17)20(28)13-30-22(29)21-18(23)10-11-19(24-21)27-16(4)12-15(3)25-27/h5-12,14H,13H2,1-4H3. The Hall–Kier alpha value is -3.19. The molecule has 1 aromatic carbocycles. The van der Waals surface area contributed by atoms with Gasteiger partial charge in [-0.05, 0) is 58.0 Å². The zero-order valence-electron chi connectivity index (χ0n) is 17.3. The minimum absolute atomic E-state index is 0.0645. The van der Waals surface area contributed by atoms with E-state index in [0.717, 1.165) is 17.1 Å². The number of carbonyl (C=O) groups excluding carboxylic acids is 2. The smallest absolute Gasteiger partial charge is 0.359 e. The minimum atomic E-state index is -0.770. The summed E-state index contributed by atoms with van der Waals surface area (Å²) in [5, 5.41) is 4.50. The second kappa shape index (κ2) is 9.09. The van der Waals surface area contributed by atoms with Gasteiger partial charge in [0.15, 0.2) is 18.1 Å². The Kier molecular flexibility index (Phi) is 6.52. The van der Waals surface area contributed by atoms with Crippen LogP contribution in [0.1, 0.15) is 35.7 Å². The number of pyridine rings is 1. The molecule has 2 heterocycles. The molecule has 7 nitrogen and oxygen atoms in total. The number of esters is 1. The molecule has 0 radical (unpaired) electrons. The molecule has 0 aliphatic rings. The second-order valence-corrected chi connectivity index (χ2v) is 7.52. The normalized spacial score (nSPS) is 10.9. The molecule has 30 heavy (non-hydrogen) atoms. The number of nitrogens with zero attached hydrogens (tertiary/aromatic N) is 4. The summed E-state index contributed by atoms with van der Waals surface area (Å²) in [5.41, 5.74) is 2.36. The number of ether oxygens (including phenoxy) is 1. The van der Waals surface area contributed by atoms with Crippen molar-refractivity contribution in [2.45, 2.75) is 33.7 Å². The zero-order chi connectivity index (χ0) is 21.8. The van der Waals surface area contributed by atoms with Gasteiger partial charge in [-0.2, -0.15) is 5.10 Å². The van der Waals surface area contributed by atoms with E-state index < -0.39 is 12.6 Å². The van der Waals surface area contributed by atoms with Crippen molar-refractivity contribution in [3.05, 3.63) is 70.6 Å². The molecule has 3 rings (SSSR count). The highest BCUT2D eigenvalue weighted by Crippen LogP contribution is 2.20. The number of anilines is 1. The van der Waals surface area contributed by atoms with E-state index in [2.05, 4.69) is 10.1 Å². The lowest BCUT2D eigenvalue weighted by Crippen LogP contribution is -2.40. The molecule has 0 unspecified atom stereocenters. The van der Waals surface area contributed by atoms with E-state index in [9.17, 15) is 9.59 Å². The lowest BCUT2D eigenvalue weighted by molar-refractivity contribution is -0.122. The Morgan fingerprint density at radius 2 is 1.83 bits per heavy atom. The Morgan fingerprint density at radius 1 is 1.13 bits per heavy atom. The highest BCUT2D eigenvalue weighted by Gasteiger charge is 2.22. The highest BCUT2D eigenvalue weighted by molar-refractivity contribution is 6.33. The van der Waals surface area contributed by atoms with Crippen molar-refractivity contribution in [1.82, 2.24) is 14.8 Å². The Bertz CT molecular complexity index is 1060. The predicted octanol–water partition coefficient (Wildman–Crippen LogP) is 4.14. The quantitative estimate of drug-likeness (QED) is 0.553. The van der Waals surface area contributed by atoms with Crippen LogP contribution in [-0.4, -0.2) is 39.3 Å². The molecule has 0 aliphatic heterocycles. The maximum atomic E-state index is 12.7. The fourth-order valence-corrected chi connectivity index (χ4v) is 3.32. The van der Waals surface area contributed by atoms with Crippen LogP contribution in [0.5, 0.6) is 0 Å². The SMILES string of the molecule is Cc1cc(C)n(-c2ccc(Cl)c(C(=O)OCC(=O)N(c3ccccc3)C(C)C)n2)n1. The fraction of sp³-hybridized carbons (Fsp3) is 0.273. The number of carbonyl (C=O) groups is 2. The highest BCUT2D eigenvalue weighted by atomic mass is 35.5. The zero-order valence-corrected chi connectivity index (χ0v) is 18.1. The Labute approximate surface area is 180 Å². The van der Waals surface area contributed by atoms with Gasteiger partial charge in [0, 0.05) is 17.4 Å². The number of halogens is 1. The van der Waals surface area contributed by atoms with E-state index in [1.807, 2.05) is 64.1 Å². The van der Waals surface area contributed by atoms with Gasteiger partial charge in [-0.25, -0.2) is 14.5 Å². The number of hydrogen-bond donors (Lipinski definition) is 0. The lowest BCUT2D eigenvalue weighted by Gasteiger charge is -2.26. The topological polar surface area (TPSA) is 77.3 Å². The molecule has 0 fully saturated rings. The number of hydrogen-bond acceptors (Lipinski definition) is 5. The van der Waals surface area contributed by atoms with E-state index in [4.69, 9.17) is 16.3 Å². The van der Waals surface area contributed by atoms with Gasteiger partial charge in [-0.15, -0.1) is 0 Å². The lowest BCUT2D eigenvalue weighted by atomic mass is 10.2. The first-order valence-electron chi connectivity index (χ1n) is 9.52. The summed E-state index contributed by atoms with van der Waals surface area (Å²) in [6.45, 7) is 7.12. The first-order valence-corrected chi connectivity index (χ1v) is 9.90. The number of aromatic nitrogens is 3. The van der Waals surface area contributed by atoms with E-state index in [0.29, 0.717) is 5.82 Å². The molecular weight excluding hydrogens is 404 g/mol. The van der Waals surface area contributed by atoms with Crippen molar-refractivity contribution in [3.8, 4) is 5.82 Å². The largest absolute Gasteiger partial charge is 0.451 e. The summed E-state index contributed by atoms with van der Waals surface area (Å²) in [7, 11) is 0. The Morgan fingerprint density at radius 3 is 2.43 bits per heavy atom. The summed E-state index contributed by atoms with van der Waals surface area (Å²) in [6, 6.07) is 14.2. The monoisotopic (exact) mass is 426 g/mol. The van der Waals surface area contributed by atoms with Crippen LogP contribution in [-0.2, 0) is 9.53 Å². The van der Waals surface area contributed by atoms with Crippen LogP contribution in [0, 0.1) is 13.8 Å². The molecule has 0 atom stereocenters. The second-order valence-electron chi connectivity index (χ2n) is 7.11. The van der Waals surface area contributed by atoms with Crippen LogP contribution >= 0.6 is 11.6 Å². The average Bonchev–Trinajstić information content (AvgIpc) is 3.05. The van der Waals surface area contributed by atoms with Gasteiger partial charge in [0.2, 0.25) is 0 Å². The number of rotatable bonds is 6. The number of para-hydroxylation sites is 1. The van der Waals surface area contributed by atoms with E-state index in [1.54, 1.807) is 21.7 Å². The van der Waals surface area contributed by atoms with Crippen LogP contribution in [0.2, 0.25) is 5.02 Å². The summed E-state index contributed by atoms with van der Waals surface area (Å²) in [4.78, 5) is 31.2. The van der Waals surface area contributed by atoms with E-state index in [-0.39, 0.29) is 22.7 Å². The van der Waals surface area contributed by atoms with Gasteiger partial charge >= 0.3 is 5.97 Å². The molecule has 2 aromatic heterocycles. The molecule has 0 N–H and O–H groups in total. The maximum absolute atomic E-state index is 12.7. The predicted molar refractivity (Wildman–Crippen MR) is 115 cm³/mol. The molecule has 0 saturated carbocycles. The van der Waals surface area contributed by atoms with Crippen molar-refractivity contribution in [2.75, 3.05) is 11.5 Å². The summed E-state index contributed by atoms with van der Waals surface area (Å²) in [6.07, 6.45) is 0. The first kappa shape index (κ1) is 21.5. The number of benzene rings is 1. The summed E-state index contributed by atoms with van der Waals surface area (Å²) >= 11 is 6.16. The molecule has 1 amide bonds. The molecule has 8 heteroatoms. The van der Waals surface area contributed by atoms with Crippen molar-refractivity contribution >= 4 is 29.2 Å². The third kappa shape index (κ3) is 4.68. The maximum Gasteiger partial charge on any atom is 0.359 e. The molecule has 156 valence electrons. The van der Waals surface area contributed by atoms with Gasteiger partial charge in [-0.1, -0.05) is 29.8 Å². The van der Waals surface area contributed by atoms with Crippen molar-refractivity contribution in [2.24, 2.45) is 0 Å². The summed E-state index contributed by atoms with van der Waals surface area (Å²) < 4.78 is 6.86. The molecular formula is C22H23ClN4O3. The van der Waals surface area contributed by atoms with Gasteiger partial charge in [0.1, 0.15) is 0 Å². The third-order valence-electron chi connectivity index (χ3n) is 4.40. The molecule has 0 spiro atoms. The van der Waals surface area contributed by atoms with Gasteiger partial charge in [0.25, 0.3) is 5.91 Å². The summed E-state index contributed by atoms with van der Waals surface area (Å²) in [5.74, 6) is -0.666. The first-order chi connectivity index (χ1) is 14.3. The molecule has 0 saturated heterocycles. The van der Waals surface area contributed by atoms with Crippen LogP contribution in [0.3, 0.4) is 0 Å². The van der Waals surface area contributed by atoms with Gasteiger partial charge < -0.3 is 9.64 Å². The van der Waals surface area contributed by atoms with Crippen molar-refractivity contribution in [3.63, 3.8) is 0 Å². The third-order valence-corrected chi connectivity index (χ3v) is 4.70. The average molecular weight is 427 g/mol. The van der Waals surface area contributed by atoms with Gasteiger partial charge in [-0.3, -0.25) is 4.79 Å². The molecule has 3 aromatic rings. The van der Waals surface area contributed by atoms with Gasteiger partial charge in [0.05, 0.1) is 10.7 Å². The molecule has 0 aliphatic carbocycles. The van der Waals surface area contributed by atoms with Crippen LogP contribution in [0.25, 0.3) is 5.82 Å². The number of aryl methyl sites for hydroxylation is 2. The minimum Gasteiger partial charge on any atom is -0.451 e.